The Morgan fingerprint density at radius 2 is 1.87 bits per heavy atom. The standard InChI is InChI=1S/C13H11ClS/c1-10-6-8-12(15-10)9-7-11-4-2-3-5-13(11)14/h2-9H,1H3/b9-7+. The Morgan fingerprint density at radius 3 is 2.53 bits per heavy atom. The Labute approximate surface area is 98.8 Å². The van der Waals surface area contributed by atoms with Crippen molar-refractivity contribution in [1.29, 1.82) is 0 Å². The summed E-state index contributed by atoms with van der Waals surface area (Å²) in [5.41, 5.74) is 1.06. The van der Waals surface area contributed by atoms with Gasteiger partial charge in [-0.25, -0.2) is 0 Å². The average Bonchev–Trinajstić information content (AvgIpc) is 2.63. The van der Waals surface area contributed by atoms with E-state index in [0.29, 0.717) is 0 Å². The fraction of sp³-hybridized carbons (Fsp3) is 0.0769. The van der Waals surface area contributed by atoms with E-state index in [9.17, 15) is 0 Å². The van der Waals surface area contributed by atoms with E-state index < -0.39 is 0 Å². The number of hydrogen-bond donors (Lipinski definition) is 0. The van der Waals surface area contributed by atoms with Crippen LogP contribution in [0.5, 0.6) is 0 Å². The smallest absolute Gasteiger partial charge is 0.0478 e. The van der Waals surface area contributed by atoms with Crippen molar-refractivity contribution < 1.29 is 0 Å². The van der Waals surface area contributed by atoms with Gasteiger partial charge in [-0.1, -0.05) is 35.9 Å². The Kier molecular flexibility index (Phi) is 3.24. The molecule has 15 heavy (non-hydrogen) atoms. The van der Waals surface area contributed by atoms with Crippen LogP contribution in [0.3, 0.4) is 0 Å². The molecule has 2 aromatic rings. The second-order valence-corrected chi connectivity index (χ2v) is 5.03. The minimum absolute atomic E-state index is 0.794. The van der Waals surface area contributed by atoms with Crippen molar-refractivity contribution in [1.82, 2.24) is 0 Å². The first-order valence-corrected chi connectivity index (χ1v) is 5.94. The number of aryl methyl sites for hydroxylation is 1. The van der Waals surface area contributed by atoms with E-state index in [-0.39, 0.29) is 0 Å². The Bertz CT molecular complexity index is 483. The molecule has 2 rings (SSSR count). The molecule has 1 aromatic carbocycles. The fourth-order valence-corrected chi connectivity index (χ4v) is 2.30. The van der Waals surface area contributed by atoms with Crippen molar-refractivity contribution in [3.05, 3.63) is 56.7 Å². The first-order chi connectivity index (χ1) is 7.25. The zero-order valence-corrected chi connectivity index (χ0v) is 9.98. The summed E-state index contributed by atoms with van der Waals surface area (Å²) in [7, 11) is 0. The Morgan fingerprint density at radius 1 is 1.07 bits per heavy atom. The third-order valence-electron chi connectivity index (χ3n) is 2.09. The minimum atomic E-state index is 0.794. The highest BCUT2D eigenvalue weighted by atomic mass is 35.5. The number of benzene rings is 1. The molecule has 1 aromatic heterocycles. The number of hydrogen-bond acceptors (Lipinski definition) is 1. The molecule has 0 fully saturated rings. The van der Waals surface area contributed by atoms with Gasteiger partial charge in [-0.3, -0.25) is 0 Å². The molecule has 0 bridgehead atoms. The van der Waals surface area contributed by atoms with Gasteiger partial charge >= 0.3 is 0 Å². The molecule has 0 saturated carbocycles. The minimum Gasteiger partial charge on any atom is -0.141 e. The molecule has 0 aliphatic carbocycles. The van der Waals surface area contributed by atoms with Gasteiger partial charge in [0.1, 0.15) is 0 Å². The van der Waals surface area contributed by atoms with Gasteiger partial charge < -0.3 is 0 Å². The maximum absolute atomic E-state index is 6.05. The van der Waals surface area contributed by atoms with Crippen molar-refractivity contribution in [2.45, 2.75) is 6.92 Å². The highest BCUT2D eigenvalue weighted by Crippen LogP contribution is 2.21. The molecular weight excluding hydrogens is 224 g/mol. The van der Waals surface area contributed by atoms with Gasteiger partial charge in [0.25, 0.3) is 0 Å². The molecule has 0 aliphatic heterocycles. The summed E-state index contributed by atoms with van der Waals surface area (Å²) < 4.78 is 0. The van der Waals surface area contributed by atoms with Gasteiger partial charge in [0, 0.05) is 14.8 Å². The molecule has 2 heteroatoms. The molecule has 0 N–H and O–H groups in total. The van der Waals surface area contributed by atoms with E-state index in [1.807, 2.05) is 30.3 Å². The summed E-state index contributed by atoms with van der Waals surface area (Å²) in [5, 5.41) is 0.794. The predicted molar refractivity (Wildman–Crippen MR) is 69.4 cm³/mol. The molecule has 0 amide bonds. The fourth-order valence-electron chi connectivity index (χ4n) is 1.33. The van der Waals surface area contributed by atoms with Crippen LogP contribution in [0.25, 0.3) is 12.2 Å². The lowest BCUT2D eigenvalue weighted by Crippen LogP contribution is -1.72. The van der Waals surface area contributed by atoms with E-state index >= 15 is 0 Å². The summed E-state index contributed by atoms with van der Waals surface area (Å²) in [6, 6.07) is 12.1. The van der Waals surface area contributed by atoms with Crippen LogP contribution in [0.4, 0.5) is 0 Å². The first-order valence-electron chi connectivity index (χ1n) is 4.75. The number of rotatable bonds is 2. The molecular formula is C13H11ClS. The van der Waals surface area contributed by atoms with Gasteiger partial charge in [0.15, 0.2) is 0 Å². The second-order valence-electron chi connectivity index (χ2n) is 3.30. The Hall–Kier alpha value is -1.05. The van der Waals surface area contributed by atoms with Crippen LogP contribution in [-0.4, -0.2) is 0 Å². The topological polar surface area (TPSA) is 0 Å². The lowest BCUT2D eigenvalue weighted by molar-refractivity contribution is 1.64. The van der Waals surface area contributed by atoms with Crippen LogP contribution in [0, 0.1) is 6.92 Å². The maximum Gasteiger partial charge on any atom is 0.0478 e. The van der Waals surface area contributed by atoms with Crippen LogP contribution in [0.1, 0.15) is 15.3 Å². The first kappa shape index (κ1) is 10.5. The predicted octanol–water partition coefficient (Wildman–Crippen LogP) is 4.88. The highest BCUT2D eigenvalue weighted by Gasteiger charge is 1.94. The summed E-state index contributed by atoms with van der Waals surface area (Å²) in [6.07, 6.45) is 4.15. The summed E-state index contributed by atoms with van der Waals surface area (Å²) in [6.45, 7) is 2.11. The summed E-state index contributed by atoms with van der Waals surface area (Å²) in [5.74, 6) is 0. The van der Waals surface area contributed by atoms with Crippen LogP contribution in [-0.2, 0) is 0 Å². The normalized spacial score (nSPS) is 11.1. The van der Waals surface area contributed by atoms with Crippen molar-refractivity contribution in [2.75, 3.05) is 0 Å². The van der Waals surface area contributed by atoms with E-state index in [0.717, 1.165) is 10.6 Å². The Balaban J connectivity index is 2.22. The van der Waals surface area contributed by atoms with Gasteiger partial charge in [0.05, 0.1) is 0 Å². The van der Waals surface area contributed by atoms with Crippen molar-refractivity contribution in [3.63, 3.8) is 0 Å². The van der Waals surface area contributed by atoms with Crippen LogP contribution >= 0.6 is 22.9 Å². The molecule has 0 radical (unpaired) electrons. The lowest BCUT2D eigenvalue weighted by atomic mass is 10.2. The third kappa shape index (κ3) is 2.71. The van der Waals surface area contributed by atoms with Crippen molar-refractivity contribution in [3.8, 4) is 0 Å². The number of thiophene rings is 1. The van der Waals surface area contributed by atoms with Crippen LogP contribution < -0.4 is 0 Å². The molecule has 1 heterocycles. The molecule has 0 saturated heterocycles. The quantitative estimate of drug-likeness (QED) is 0.695. The largest absolute Gasteiger partial charge is 0.141 e. The zero-order valence-electron chi connectivity index (χ0n) is 8.41. The molecule has 0 atom stereocenters. The zero-order chi connectivity index (χ0) is 10.7. The van der Waals surface area contributed by atoms with Crippen molar-refractivity contribution in [2.24, 2.45) is 0 Å². The second kappa shape index (κ2) is 4.65. The SMILES string of the molecule is Cc1ccc(/C=C/c2ccccc2Cl)s1. The summed E-state index contributed by atoms with van der Waals surface area (Å²) >= 11 is 7.83. The van der Waals surface area contributed by atoms with E-state index in [1.54, 1.807) is 11.3 Å². The third-order valence-corrected chi connectivity index (χ3v) is 3.40. The van der Waals surface area contributed by atoms with Gasteiger partial charge in [0.2, 0.25) is 0 Å². The van der Waals surface area contributed by atoms with E-state index in [4.69, 9.17) is 11.6 Å². The van der Waals surface area contributed by atoms with Crippen molar-refractivity contribution >= 4 is 35.1 Å². The van der Waals surface area contributed by atoms with Crippen LogP contribution in [0.2, 0.25) is 5.02 Å². The van der Waals surface area contributed by atoms with E-state index in [2.05, 4.69) is 25.1 Å². The molecule has 76 valence electrons. The maximum atomic E-state index is 6.05. The van der Waals surface area contributed by atoms with Gasteiger partial charge in [-0.15, -0.1) is 11.3 Å². The number of halogens is 1. The van der Waals surface area contributed by atoms with E-state index in [1.165, 1.54) is 9.75 Å². The molecule has 0 aliphatic rings. The van der Waals surface area contributed by atoms with Gasteiger partial charge in [-0.2, -0.15) is 0 Å². The molecule has 0 nitrogen and oxygen atoms in total. The lowest BCUT2D eigenvalue weighted by Gasteiger charge is -1.95. The van der Waals surface area contributed by atoms with Crippen LogP contribution in [0.15, 0.2) is 36.4 Å². The van der Waals surface area contributed by atoms with Gasteiger partial charge in [-0.05, 0) is 36.8 Å². The average molecular weight is 235 g/mol. The highest BCUT2D eigenvalue weighted by molar-refractivity contribution is 7.12. The summed E-state index contributed by atoms with van der Waals surface area (Å²) in [4.78, 5) is 2.58. The molecule has 0 spiro atoms. The monoisotopic (exact) mass is 234 g/mol. The molecule has 0 unspecified atom stereocenters.